The summed E-state index contributed by atoms with van der Waals surface area (Å²) < 4.78 is 9.72. The fraction of sp³-hybridized carbons (Fsp3) is 0.286. The Kier molecular flexibility index (Phi) is 6.67. The molecule has 1 aromatic carbocycles. The molecule has 0 heterocycles. The van der Waals surface area contributed by atoms with Crippen molar-refractivity contribution >= 4 is 18.1 Å². The number of carbonyl (C=O) groups excluding carboxylic acids is 2. The fourth-order valence-corrected chi connectivity index (χ4v) is 1.34. The highest BCUT2D eigenvalue weighted by atomic mass is 16.5. The van der Waals surface area contributed by atoms with E-state index in [1.54, 1.807) is 20.1 Å². The third kappa shape index (κ3) is 5.90. The minimum atomic E-state index is -0.471. The predicted molar refractivity (Wildman–Crippen MR) is 75.2 cm³/mol. The van der Waals surface area contributed by atoms with Gasteiger partial charge in [-0.1, -0.05) is 12.1 Å². The van der Waals surface area contributed by atoms with Crippen LogP contribution < -0.4 is 15.4 Å². The molecule has 1 aromatic rings. The van der Waals surface area contributed by atoms with Crippen molar-refractivity contribution < 1.29 is 19.1 Å². The summed E-state index contributed by atoms with van der Waals surface area (Å²) in [6.45, 7) is 1.84. The molecule has 6 nitrogen and oxygen atoms in total. The second kappa shape index (κ2) is 8.58. The van der Waals surface area contributed by atoms with E-state index >= 15 is 0 Å². The SMILES string of the molecule is CCOC(=O)CNC(=O)N/C=C/c1ccc(OC)cc1. The highest BCUT2D eigenvalue weighted by Crippen LogP contribution is 2.11. The summed E-state index contributed by atoms with van der Waals surface area (Å²) in [5.74, 6) is 0.295. The van der Waals surface area contributed by atoms with E-state index < -0.39 is 12.0 Å². The average Bonchev–Trinajstić information content (AvgIpc) is 2.46. The van der Waals surface area contributed by atoms with Gasteiger partial charge in [0.15, 0.2) is 0 Å². The van der Waals surface area contributed by atoms with Crippen LogP contribution in [-0.4, -0.2) is 32.3 Å². The third-order valence-corrected chi connectivity index (χ3v) is 2.30. The smallest absolute Gasteiger partial charge is 0.325 e. The predicted octanol–water partition coefficient (Wildman–Crippen LogP) is 1.53. The molecule has 0 fully saturated rings. The molecule has 0 bridgehead atoms. The van der Waals surface area contributed by atoms with Gasteiger partial charge < -0.3 is 20.1 Å². The first-order chi connectivity index (χ1) is 9.65. The number of benzene rings is 1. The van der Waals surface area contributed by atoms with E-state index in [9.17, 15) is 9.59 Å². The summed E-state index contributed by atoms with van der Waals surface area (Å²) in [6.07, 6.45) is 3.21. The van der Waals surface area contributed by atoms with Crippen LogP contribution in [-0.2, 0) is 9.53 Å². The van der Waals surface area contributed by atoms with Crippen molar-refractivity contribution in [2.75, 3.05) is 20.3 Å². The summed E-state index contributed by atoms with van der Waals surface area (Å²) in [7, 11) is 1.60. The molecule has 0 radical (unpaired) electrons. The molecule has 2 amide bonds. The number of methoxy groups -OCH3 is 1. The Hall–Kier alpha value is -2.50. The van der Waals surface area contributed by atoms with Crippen LogP contribution in [0.3, 0.4) is 0 Å². The van der Waals surface area contributed by atoms with Crippen molar-refractivity contribution in [1.82, 2.24) is 10.6 Å². The molecule has 1 rings (SSSR count). The summed E-state index contributed by atoms with van der Waals surface area (Å²) in [6, 6.07) is 6.88. The molecule has 0 aliphatic carbocycles. The maximum absolute atomic E-state index is 11.3. The molecule has 108 valence electrons. The van der Waals surface area contributed by atoms with Gasteiger partial charge in [0.05, 0.1) is 13.7 Å². The van der Waals surface area contributed by atoms with Gasteiger partial charge in [-0.25, -0.2) is 4.79 Å². The van der Waals surface area contributed by atoms with Gasteiger partial charge in [0.1, 0.15) is 12.3 Å². The van der Waals surface area contributed by atoms with Crippen LogP contribution in [0.15, 0.2) is 30.5 Å². The number of rotatable bonds is 6. The third-order valence-electron chi connectivity index (χ3n) is 2.30. The average molecular weight is 278 g/mol. The minimum Gasteiger partial charge on any atom is -0.497 e. The number of esters is 1. The highest BCUT2D eigenvalue weighted by Gasteiger charge is 2.03. The standard InChI is InChI=1S/C14H18N2O4/c1-3-20-13(17)10-16-14(18)15-9-8-11-4-6-12(19-2)7-5-11/h4-9H,3,10H2,1-2H3,(H2,15,16,18)/b9-8+. The van der Waals surface area contributed by atoms with E-state index in [0.717, 1.165) is 11.3 Å². The zero-order chi connectivity index (χ0) is 14.8. The van der Waals surface area contributed by atoms with Crippen LogP contribution >= 0.6 is 0 Å². The molecule has 0 spiro atoms. The Morgan fingerprint density at radius 1 is 1.25 bits per heavy atom. The lowest BCUT2D eigenvalue weighted by atomic mass is 10.2. The first kappa shape index (κ1) is 15.6. The number of hydrogen-bond donors (Lipinski definition) is 2. The van der Waals surface area contributed by atoms with Gasteiger partial charge in [-0.15, -0.1) is 0 Å². The molecule has 0 aliphatic rings. The lowest BCUT2D eigenvalue weighted by Crippen LogP contribution is -2.36. The molecular formula is C14H18N2O4. The Balaban J connectivity index is 2.32. The highest BCUT2D eigenvalue weighted by molar-refractivity contribution is 5.81. The number of urea groups is 1. The van der Waals surface area contributed by atoms with Gasteiger partial charge in [0.2, 0.25) is 0 Å². The topological polar surface area (TPSA) is 76.7 Å². The number of ether oxygens (including phenoxy) is 2. The van der Waals surface area contributed by atoms with Crippen LogP contribution in [0.1, 0.15) is 12.5 Å². The maximum atomic E-state index is 11.3. The van der Waals surface area contributed by atoms with Crippen molar-refractivity contribution in [2.45, 2.75) is 6.92 Å². The lowest BCUT2D eigenvalue weighted by molar-refractivity contribution is -0.141. The van der Waals surface area contributed by atoms with E-state index in [-0.39, 0.29) is 6.54 Å². The van der Waals surface area contributed by atoms with Crippen molar-refractivity contribution in [3.05, 3.63) is 36.0 Å². The quantitative estimate of drug-likeness (QED) is 0.774. The Labute approximate surface area is 117 Å². The van der Waals surface area contributed by atoms with Crippen molar-refractivity contribution in [3.8, 4) is 5.75 Å². The van der Waals surface area contributed by atoms with Gasteiger partial charge in [-0.05, 0) is 30.7 Å². The van der Waals surface area contributed by atoms with E-state index in [4.69, 9.17) is 4.74 Å². The summed E-state index contributed by atoms with van der Waals surface area (Å²) in [4.78, 5) is 22.3. The fourth-order valence-electron chi connectivity index (χ4n) is 1.34. The normalized spacial score (nSPS) is 10.1. The molecule has 0 aliphatic heterocycles. The molecule has 0 atom stereocenters. The Morgan fingerprint density at radius 3 is 2.55 bits per heavy atom. The van der Waals surface area contributed by atoms with Crippen LogP contribution in [0.5, 0.6) is 5.75 Å². The zero-order valence-electron chi connectivity index (χ0n) is 11.5. The maximum Gasteiger partial charge on any atom is 0.325 e. The minimum absolute atomic E-state index is 0.157. The van der Waals surface area contributed by atoms with Crippen LogP contribution in [0.25, 0.3) is 6.08 Å². The van der Waals surface area contributed by atoms with Crippen LogP contribution in [0.4, 0.5) is 4.79 Å². The van der Waals surface area contributed by atoms with Gasteiger partial charge in [-0.2, -0.15) is 0 Å². The molecule has 0 unspecified atom stereocenters. The number of nitrogens with one attached hydrogen (secondary N) is 2. The largest absolute Gasteiger partial charge is 0.497 e. The molecule has 0 aromatic heterocycles. The number of carbonyl (C=O) groups is 2. The molecule has 2 N–H and O–H groups in total. The Morgan fingerprint density at radius 2 is 1.95 bits per heavy atom. The van der Waals surface area contributed by atoms with Gasteiger partial charge >= 0.3 is 12.0 Å². The van der Waals surface area contributed by atoms with Gasteiger partial charge in [0, 0.05) is 6.20 Å². The van der Waals surface area contributed by atoms with Crippen LogP contribution in [0, 0.1) is 0 Å². The second-order valence-electron chi connectivity index (χ2n) is 3.74. The molecule has 0 saturated heterocycles. The van der Waals surface area contributed by atoms with Gasteiger partial charge in [0.25, 0.3) is 0 Å². The molecule has 6 heteroatoms. The summed E-state index contributed by atoms with van der Waals surface area (Å²) in [5.41, 5.74) is 0.913. The van der Waals surface area contributed by atoms with Crippen molar-refractivity contribution in [2.24, 2.45) is 0 Å². The van der Waals surface area contributed by atoms with Crippen LogP contribution in [0.2, 0.25) is 0 Å². The van der Waals surface area contributed by atoms with E-state index in [2.05, 4.69) is 15.4 Å². The van der Waals surface area contributed by atoms with Crippen molar-refractivity contribution in [1.29, 1.82) is 0 Å². The summed E-state index contributed by atoms with van der Waals surface area (Å²) >= 11 is 0. The second-order valence-corrected chi connectivity index (χ2v) is 3.74. The molecule has 20 heavy (non-hydrogen) atoms. The Bertz CT molecular complexity index is 469. The molecule has 0 saturated carbocycles. The van der Waals surface area contributed by atoms with E-state index in [1.807, 2.05) is 24.3 Å². The monoisotopic (exact) mass is 278 g/mol. The lowest BCUT2D eigenvalue weighted by Gasteiger charge is -2.04. The summed E-state index contributed by atoms with van der Waals surface area (Å²) in [5, 5.41) is 4.86. The first-order valence-corrected chi connectivity index (χ1v) is 6.16. The number of amides is 2. The zero-order valence-corrected chi connectivity index (χ0v) is 11.5. The molecular weight excluding hydrogens is 260 g/mol. The van der Waals surface area contributed by atoms with Gasteiger partial charge in [-0.3, -0.25) is 4.79 Å². The van der Waals surface area contributed by atoms with E-state index in [1.165, 1.54) is 6.20 Å². The van der Waals surface area contributed by atoms with Crippen molar-refractivity contribution in [3.63, 3.8) is 0 Å². The first-order valence-electron chi connectivity index (χ1n) is 6.16. The number of hydrogen-bond acceptors (Lipinski definition) is 4. The van der Waals surface area contributed by atoms with E-state index in [0.29, 0.717) is 6.61 Å².